The van der Waals surface area contributed by atoms with Gasteiger partial charge in [0.1, 0.15) is 11.6 Å². The third-order valence-corrected chi connectivity index (χ3v) is 5.12. The van der Waals surface area contributed by atoms with Gasteiger partial charge in [-0.2, -0.15) is 4.98 Å². The molecule has 0 radical (unpaired) electrons. The first-order valence-electron chi connectivity index (χ1n) is 10.4. The minimum Gasteiger partial charge on any atom is -0.437 e. The number of rotatable bonds is 8. The van der Waals surface area contributed by atoms with Gasteiger partial charge in [0.05, 0.1) is 24.7 Å². The number of anilines is 1. The van der Waals surface area contributed by atoms with Crippen molar-refractivity contribution in [1.82, 2.24) is 19.9 Å². The average Bonchev–Trinajstić information content (AvgIpc) is 2.81. The van der Waals surface area contributed by atoms with E-state index in [9.17, 15) is 4.79 Å². The molecule has 1 aromatic carbocycles. The number of nitrogens with zero attached hydrogens (tertiary/aromatic N) is 4. The van der Waals surface area contributed by atoms with Crippen molar-refractivity contribution >= 4 is 11.7 Å². The lowest BCUT2D eigenvalue weighted by atomic mass is 10.1. The molecule has 2 N–H and O–H groups in total. The van der Waals surface area contributed by atoms with E-state index in [4.69, 9.17) is 9.84 Å². The van der Waals surface area contributed by atoms with E-state index in [0.29, 0.717) is 42.7 Å². The van der Waals surface area contributed by atoms with E-state index in [1.807, 2.05) is 35.2 Å². The topological polar surface area (TPSA) is 100 Å². The van der Waals surface area contributed by atoms with Crippen LogP contribution < -0.4 is 10.1 Å². The molecule has 0 bridgehead atoms. The van der Waals surface area contributed by atoms with E-state index in [1.165, 1.54) is 0 Å². The molecule has 8 heteroatoms. The van der Waals surface area contributed by atoms with Crippen LogP contribution in [-0.4, -0.2) is 50.5 Å². The summed E-state index contributed by atoms with van der Waals surface area (Å²) in [5.41, 5.74) is 2.60. The molecule has 0 saturated carbocycles. The minimum absolute atomic E-state index is 0.0710. The molecule has 1 aliphatic rings. The summed E-state index contributed by atoms with van der Waals surface area (Å²) in [5.74, 6) is 1.86. The second-order valence-corrected chi connectivity index (χ2v) is 7.33. The number of carbonyl (C=O) groups excluding carboxylic acids is 1. The normalized spacial score (nSPS) is 13.8. The van der Waals surface area contributed by atoms with E-state index < -0.39 is 0 Å². The Morgan fingerprint density at radius 2 is 1.87 bits per heavy atom. The van der Waals surface area contributed by atoms with Crippen molar-refractivity contribution in [2.24, 2.45) is 0 Å². The second kappa shape index (κ2) is 9.99. The van der Waals surface area contributed by atoms with Gasteiger partial charge in [-0.15, -0.1) is 0 Å². The summed E-state index contributed by atoms with van der Waals surface area (Å²) in [6.45, 7) is 2.02. The Labute approximate surface area is 180 Å². The number of hydrogen-bond donors (Lipinski definition) is 2. The lowest BCUT2D eigenvalue weighted by Crippen LogP contribution is -2.38. The monoisotopic (exact) mass is 419 g/mol. The van der Waals surface area contributed by atoms with Crippen LogP contribution in [0.25, 0.3) is 11.1 Å². The van der Waals surface area contributed by atoms with Crippen LogP contribution in [0.5, 0.6) is 11.6 Å². The summed E-state index contributed by atoms with van der Waals surface area (Å²) in [6, 6.07) is 11.3. The van der Waals surface area contributed by atoms with Crippen LogP contribution in [0.1, 0.15) is 25.0 Å². The van der Waals surface area contributed by atoms with Crippen LogP contribution >= 0.6 is 0 Å². The number of pyridine rings is 1. The number of hydrogen-bond acceptors (Lipinski definition) is 7. The number of amides is 1. The molecule has 0 unspecified atom stereocenters. The highest BCUT2D eigenvalue weighted by Gasteiger charge is 2.17. The quantitative estimate of drug-likeness (QED) is 0.578. The molecule has 31 heavy (non-hydrogen) atoms. The molecule has 1 amide bonds. The molecule has 3 heterocycles. The molecule has 1 fully saturated rings. The smallest absolute Gasteiger partial charge is 0.239 e. The molecule has 0 atom stereocenters. The van der Waals surface area contributed by atoms with Crippen molar-refractivity contribution in [3.8, 4) is 22.8 Å². The highest BCUT2D eigenvalue weighted by molar-refractivity contribution is 5.76. The van der Waals surface area contributed by atoms with Crippen LogP contribution in [0, 0.1) is 0 Å². The number of nitrogens with one attached hydrogen (secondary N) is 1. The summed E-state index contributed by atoms with van der Waals surface area (Å²) in [5, 5.41) is 12.3. The van der Waals surface area contributed by atoms with Crippen molar-refractivity contribution in [1.29, 1.82) is 0 Å². The van der Waals surface area contributed by atoms with E-state index in [1.54, 1.807) is 24.7 Å². The van der Waals surface area contributed by atoms with E-state index in [2.05, 4.69) is 20.3 Å². The largest absolute Gasteiger partial charge is 0.437 e. The van der Waals surface area contributed by atoms with Gasteiger partial charge in [0.25, 0.3) is 0 Å². The Morgan fingerprint density at radius 3 is 2.61 bits per heavy atom. The number of ether oxygens (including phenoxy) is 1. The van der Waals surface area contributed by atoms with Crippen molar-refractivity contribution < 1.29 is 14.6 Å². The van der Waals surface area contributed by atoms with Crippen LogP contribution in [-0.2, 0) is 11.4 Å². The average molecular weight is 419 g/mol. The third-order valence-electron chi connectivity index (χ3n) is 5.12. The Bertz CT molecular complexity index is 1010. The molecule has 0 aliphatic carbocycles. The van der Waals surface area contributed by atoms with Crippen molar-refractivity contribution in [3.05, 3.63) is 60.7 Å². The first-order valence-corrected chi connectivity index (χ1v) is 10.4. The third kappa shape index (κ3) is 5.55. The highest BCUT2D eigenvalue weighted by atomic mass is 16.5. The van der Waals surface area contributed by atoms with Crippen molar-refractivity contribution in [3.63, 3.8) is 0 Å². The Balaban J connectivity index is 1.33. The standard InChI is InChI=1S/C23H25N5O3/c29-16-19-7-4-18(13-26-19)17-5-8-20(9-6-17)31-22-15-24-14-21(27-22)25-10-12-28-11-2-1-3-23(28)30/h4-9,13-15,29H,1-3,10-12,16H2,(H,25,27). The van der Waals surface area contributed by atoms with Crippen LogP contribution in [0.3, 0.4) is 0 Å². The lowest BCUT2D eigenvalue weighted by Gasteiger charge is -2.26. The summed E-state index contributed by atoms with van der Waals surface area (Å²) in [6.07, 6.45) is 7.63. The van der Waals surface area contributed by atoms with Crippen LogP contribution in [0.2, 0.25) is 0 Å². The minimum atomic E-state index is -0.0710. The fourth-order valence-electron chi connectivity index (χ4n) is 3.42. The molecule has 1 aliphatic heterocycles. The molecular formula is C23H25N5O3. The van der Waals surface area contributed by atoms with E-state index in [-0.39, 0.29) is 12.5 Å². The zero-order valence-electron chi connectivity index (χ0n) is 17.2. The van der Waals surface area contributed by atoms with Gasteiger partial charge in [-0.1, -0.05) is 18.2 Å². The first kappa shape index (κ1) is 20.7. The second-order valence-electron chi connectivity index (χ2n) is 7.33. The highest BCUT2D eigenvalue weighted by Crippen LogP contribution is 2.25. The van der Waals surface area contributed by atoms with Gasteiger partial charge < -0.3 is 20.1 Å². The van der Waals surface area contributed by atoms with Crippen molar-refractivity contribution in [2.45, 2.75) is 25.9 Å². The van der Waals surface area contributed by atoms with Crippen LogP contribution in [0.4, 0.5) is 5.82 Å². The molecular weight excluding hydrogens is 394 g/mol. The SMILES string of the molecule is O=C1CCCCN1CCNc1cncc(Oc2ccc(-c3ccc(CO)nc3)cc2)n1. The Kier molecular flexibility index (Phi) is 6.68. The molecule has 0 spiro atoms. The molecule has 2 aromatic heterocycles. The summed E-state index contributed by atoms with van der Waals surface area (Å²) in [4.78, 5) is 26.6. The predicted molar refractivity (Wildman–Crippen MR) is 117 cm³/mol. The molecule has 3 aromatic rings. The number of benzene rings is 1. The molecule has 8 nitrogen and oxygen atoms in total. The number of aliphatic hydroxyl groups is 1. The number of likely N-dealkylation sites (tertiary alicyclic amines) is 1. The number of piperidine rings is 1. The number of aromatic nitrogens is 3. The maximum atomic E-state index is 11.9. The summed E-state index contributed by atoms with van der Waals surface area (Å²) < 4.78 is 5.83. The Hall–Kier alpha value is -3.52. The summed E-state index contributed by atoms with van der Waals surface area (Å²) >= 11 is 0. The predicted octanol–water partition coefficient (Wildman–Crippen LogP) is 3.25. The summed E-state index contributed by atoms with van der Waals surface area (Å²) in [7, 11) is 0. The van der Waals surface area contributed by atoms with E-state index >= 15 is 0 Å². The van der Waals surface area contributed by atoms with Gasteiger partial charge in [0.2, 0.25) is 11.8 Å². The maximum Gasteiger partial charge on any atom is 0.239 e. The van der Waals surface area contributed by atoms with Gasteiger partial charge in [-0.05, 0) is 36.6 Å². The van der Waals surface area contributed by atoms with E-state index in [0.717, 1.165) is 30.5 Å². The maximum absolute atomic E-state index is 11.9. The van der Waals surface area contributed by atoms with Gasteiger partial charge in [-0.25, -0.2) is 0 Å². The number of aliphatic hydroxyl groups excluding tert-OH is 1. The number of carbonyl (C=O) groups is 1. The van der Waals surface area contributed by atoms with Gasteiger partial charge in [0.15, 0.2) is 0 Å². The fraction of sp³-hybridized carbons (Fsp3) is 0.304. The van der Waals surface area contributed by atoms with Crippen LogP contribution in [0.15, 0.2) is 55.0 Å². The van der Waals surface area contributed by atoms with Crippen molar-refractivity contribution in [2.75, 3.05) is 25.0 Å². The van der Waals surface area contributed by atoms with Gasteiger partial charge in [0, 0.05) is 37.8 Å². The first-order chi connectivity index (χ1) is 15.2. The Morgan fingerprint density at radius 1 is 1.03 bits per heavy atom. The zero-order valence-corrected chi connectivity index (χ0v) is 17.2. The van der Waals surface area contributed by atoms with Gasteiger partial charge in [-0.3, -0.25) is 14.8 Å². The molecule has 4 rings (SSSR count). The fourth-order valence-corrected chi connectivity index (χ4v) is 3.42. The van der Waals surface area contributed by atoms with Gasteiger partial charge >= 0.3 is 0 Å². The molecule has 1 saturated heterocycles. The molecule has 160 valence electrons. The lowest BCUT2D eigenvalue weighted by molar-refractivity contribution is -0.133. The zero-order chi connectivity index (χ0) is 21.5.